The summed E-state index contributed by atoms with van der Waals surface area (Å²) < 4.78 is 5.47. The summed E-state index contributed by atoms with van der Waals surface area (Å²) in [7, 11) is 3.47. The molecule has 1 unspecified atom stereocenters. The second-order valence-electron chi connectivity index (χ2n) is 5.62. The number of halogens is 1. The summed E-state index contributed by atoms with van der Waals surface area (Å²) in [5.41, 5.74) is 3.36. The van der Waals surface area contributed by atoms with E-state index in [1.165, 1.54) is 5.56 Å². The topological polar surface area (TPSA) is 58.5 Å². The molecule has 7 heteroatoms. The highest BCUT2D eigenvalue weighted by atomic mass is 127. The summed E-state index contributed by atoms with van der Waals surface area (Å²) in [5, 5.41) is 9.98. The van der Waals surface area contributed by atoms with Gasteiger partial charge in [0.05, 0.1) is 30.4 Å². The van der Waals surface area contributed by atoms with Crippen molar-refractivity contribution in [3.63, 3.8) is 0 Å². The molecule has 0 saturated heterocycles. The van der Waals surface area contributed by atoms with Crippen LogP contribution in [-0.4, -0.2) is 25.1 Å². The Morgan fingerprint density at radius 1 is 1.40 bits per heavy atom. The molecule has 1 aromatic carbocycles. The van der Waals surface area contributed by atoms with Gasteiger partial charge in [0.15, 0.2) is 5.96 Å². The molecule has 0 amide bonds. The second kappa shape index (κ2) is 10.6. The molecular formula is C18H27IN4OS. The maximum atomic E-state index is 5.47. The minimum atomic E-state index is 0. The van der Waals surface area contributed by atoms with Gasteiger partial charge in [0.25, 0.3) is 0 Å². The minimum Gasteiger partial charge on any atom is -0.496 e. The van der Waals surface area contributed by atoms with Crippen LogP contribution in [-0.2, 0) is 13.0 Å². The second-order valence-corrected chi connectivity index (χ2v) is 6.57. The van der Waals surface area contributed by atoms with Crippen LogP contribution in [0, 0.1) is 6.92 Å². The number of aromatic nitrogens is 1. The molecule has 2 N–H and O–H groups in total. The van der Waals surface area contributed by atoms with E-state index < -0.39 is 0 Å². The van der Waals surface area contributed by atoms with Crippen molar-refractivity contribution in [2.24, 2.45) is 4.99 Å². The van der Waals surface area contributed by atoms with Crippen molar-refractivity contribution in [2.45, 2.75) is 39.8 Å². The molecule has 0 bridgehead atoms. The van der Waals surface area contributed by atoms with Crippen molar-refractivity contribution >= 4 is 41.3 Å². The monoisotopic (exact) mass is 474 g/mol. The third kappa shape index (κ3) is 6.14. The summed E-state index contributed by atoms with van der Waals surface area (Å²) in [5.74, 6) is 1.63. The third-order valence-electron chi connectivity index (χ3n) is 3.77. The lowest BCUT2D eigenvalue weighted by Crippen LogP contribution is -2.38. The zero-order valence-electron chi connectivity index (χ0n) is 15.4. The Hall–Kier alpha value is -1.35. The number of nitrogens with one attached hydrogen (secondary N) is 2. The highest BCUT2D eigenvalue weighted by Crippen LogP contribution is 2.25. The molecule has 0 spiro atoms. The average molecular weight is 474 g/mol. The van der Waals surface area contributed by atoms with Gasteiger partial charge < -0.3 is 15.4 Å². The van der Waals surface area contributed by atoms with Crippen LogP contribution in [0.25, 0.3) is 0 Å². The first kappa shape index (κ1) is 21.7. The van der Waals surface area contributed by atoms with Gasteiger partial charge in [-0.1, -0.05) is 24.6 Å². The lowest BCUT2D eigenvalue weighted by molar-refractivity contribution is 0.405. The highest BCUT2D eigenvalue weighted by Gasteiger charge is 2.13. The molecule has 2 rings (SSSR count). The van der Waals surface area contributed by atoms with E-state index in [0.717, 1.165) is 34.4 Å². The summed E-state index contributed by atoms with van der Waals surface area (Å²) in [6.07, 6.45) is 0.974. The summed E-state index contributed by atoms with van der Waals surface area (Å²) in [6.45, 7) is 6.96. The van der Waals surface area contributed by atoms with E-state index >= 15 is 0 Å². The molecule has 0 aliphatic heterocycles. The lowest BCUT2D eigenvalue weighted by Gasteiger charge is -2.20. The summed E-state index contributed by atoms with van der Waals surface area (Å²) in [6, 6.07) is 6.27. The number of hydrogen-bond acceptors (Lipinski definition) is 4. The Morgan fingerprint density at radius 3 is 2.76 bits per heavy atom. The van der Waals surface area contributed by atoms with Crippen LogP contribution < -0.4 is 15.4 Å². The maximum Gasteiger partial charge on any atom is 0.191 e. The van der Waals surface area contributed by atoms with E-state index in [0.29, 0.717) is 6.54 Å². The summed E-state index contributed by atoms with van der Waals surface area (Å²) >= 11 is 1.70. The average Bonchev–Trinajstić information content (AvgIpc) is 3.06. The van der Waals surface area contributed by atoms with Gasteiger partial charge in [0.2, 0.25) is 0 Å². The van der Waals surface area contributed by atoms with Gasteiger partial charge >= 0.3 is 0 Å². The Labute approximate surface area is 171 Å². The van der Waals surface area contributed by atoms with Gasteiger partial charge in [0.1, 0.15) is 5.75 Å². The molecule has 138 valence electrons. The quantitative estimate of drug-likeness (QED) is 0.377. The Morgan fingerprint density at radius 2 is 2.16 bits per heavy atom. The number of guanidine groups is 1. The fraction of sp³-hybridized carbons (Fsp3) is 0.444. The summed E-state index contributed by atoms with van der Waals surface area (Å²) in [4.78, 5) is 8.87. The van der Waals surface area contributed by atoms with Crippen LogP contribution in [0.4, 0.5) is 0 Å². The van der Waals surface area contributed by atoms with E-state index in [2.05, 4.69) is 58.9 Å². The fourth-order valence-corrected chi connectivity index (χ4v) is 3.18. The Bertz CT molecular complexity index is 702. The minimum absolute atomic E-state index is 0. The zero-order chi connectivity index (χ0) is 17.5. The molecule has 5 nitrogen and oxygen atoms in total. The number of ether oxygens (including phenoxy) is 1. The molecule has 0 aliphatic rings. The van der Waals surface area contributed by atoms with E-state index in [1.807, 2.05) is 6.07 Å². The van der Waals surface area contributed by atoms with Crippen molar-refractivity contribution < 1.29 is 4.74 Å². The standard InChI is InChI=1S/C18H26N4OS.HI/c1-6-17-22-14(11-24-17)10-20-18(19-4)21-13(3)15-9-12(2)7-8-16(15)23-5;/h7-9,11,13H,6,10H2,1-5H3,(H2,19,20,21);1H. The van der Waals surface area contributed by atoms with Crippen LogP contribution in [0.15, 0.2) is 28.6 Å². The first-order valence-corrected chi connectivity index (χ1v) is 9.00. The van der Waals surface area contributed by atoms with Gasteiger partial charge in [-0.25, -0.2) is 4.98 Å². The van der Waals surface area contributed by atoms with Crippen molar-refractivity contribution in [3.05, 3.63) is 45.4 Å². The number of rotatable bonds is 6. The molecule has 0 aliphatic carbocycles. The Balaban J connectivity index is 0.00000312. The van der Waals surface area contributed by atoms with Crippen LogP contribution in [0.2, 0.25) is 0 Å². The SMILES string of the molecule is CCc1nc(CNC(=NC)NC(C)c2cc(C)ccc2OC)cs1.I. The molecule has 1 heterocycles. The van der Waals surface area contributed by atoms with E-state index in [-0.39, 0.29) is 30.0 Å². The van der Waals surface area contributed by atoms with Crippen molar-refractivity contribution in [1.29, 1.82) is 0 Å². The predicted molar refractivity (Wildman–Crippen MR) is 116 cm³/mol. The van der Waals surface area contributed by atoms with Crippen LogP contribution in [0.3, 0.4) is 0 Å². The number of hydrogen-bond donors (Lipinski definition) is 2. The molecule has 0 fully saturated rings. The van der Waals surface area contributed by atoms with E-state index in [9.17, 15) is 0 Å². The fourth-order valence-electron chi connectivity index (χ4n) is 2.44. The van der Waals surface area contributed by atoms with Crippen LogP contribution >= 0.6 is 35.3 Å². The van der Waals surface area contributed by atoms with E-state index in [1.54, 1.807) is 25.5 Å². The number of methoxy groups -OCH3 is 1. The van der Waals surface area contributed by atoms with Gasteiger partial charge in [-0.3, -0.25) is 4.99 Å². The van der Waals surface area contributed by atoms with Crippen LogP contribution in [0.1, 0.15) is 41.7 Å². The maximum absolute atomic E-state index is 5.47. The zero-order valence-corrected chi connectivity index (χ0v) is 18.6. The smallest absolute Gasteiger partial charge is 0.191 e. The van der Waals surface area contributed by atoms with Gasteiger partial charge in [0, 0.05) is 18.0 Å². The largest absolute Gasteiger partial charge is 0.496 e. The normalized spacial score (nSPS) is 12.3. The Kier molecular flexibility index (Phi) is 9.20. The van der Waals surface area contributed by atoms with E-state index in [4.69, 9.17) is 4.74 Å². The molecular weight excluding hydrogens is 447 g/mol. The van der Waals surface area contributed by atoms with Gasteiger partial charge in [-0.2, -0.15) is 0 Å². The molecule has 0 radical (unpaired) electrons. The molecule has 25 heavy (non-hydrogen) atoms. The van der Waals surface area contributed by atoms with Crippen molar-refractivity contribution in [2.75, 3.05) is 14.2 Å². The first-order chi connectivity index (χ1) is 11.6. The van der Waals surface area contributed by atoms with Crippen molar-refractivity contribution in [3.8, 4) is 5.75 Å². The molecule has 1 aromatic heterocycles. The third-order valence-corrected chi connectivity index (χ3v) is 4.81. The number of aryl methyl sites for hydroxylation is 2. The highest BCUT2D eigenvalue weighted by molar-refractivity contribution is 14.0. The lowest BCUT2D eigenvalue weighted by atomic mass is 10.0. The van der Waals surface area contributed by atoms with Gasteiger partial charge in [-0.05, 0) is 26.3 Å². The molecule has 0 saturated carbocycles. The predicted octanol–water partition coefficient (Wildman–Crippen LogP) is 4.07. The van der Waals surface area contributed by atoms with Crippen LogP contribution in [0.5, 0.6) is 5.75 Å². The number of nitrogens with zero attached hydrogens (tertiary/aromatic N) is 2. The van der Waals surface area contributed by atoms with Crippen molar-refractivity contribution in [1.82, 2.24) is 15.6 Å². The number of benzene rings is 1. The van der Waals surface area contributed by atoms with Gasteiger partial charge in [-0.15, -0.1) is 35.3 Å². The molecule has 2 aromatic rings. The number of thiazole rings is 1. The molecule has 1 atom stereocenters. The number of aliphatic imine (C=N–C) groups is 1. The first-order valence-electron chi connectivity index (χ1n) is 8.12.